The average molecular weight is 315 g/mol. The Morgan fingerprint density at radius 3 is 2.48 bits per heavy atom. The van der Waals surface area contributed by atoms with Gasteiger partial charge in [-0.05, 0) is 24.6 Å². The van der Waals surface area contributed by atoms with Gasteiger partial charge in [-0.2, -0.15) is 4.31 Å². The number of aromatic carboxylic acids is 1. The van der Waals surface area contributed by atoms with Crippen LogP contribution in [0.2, 0.25) is 0 Å². The lowest BCUT2D eigenvalue weighted by Crippen LogP contribution is -2.32. The molecule has 0 saturated heterocycles. The second kappa shape index (κ2) is 7.42. The summed E-state index contributed by atoms with van der Waals surface area (Å²) in [5.74, 6) is -1.03. The van der Waals surface area contributed by atoms with Gasteiger partial charge in [0.2, 0.25) is 10.0 Å². The zero-order valence-corrected chi connectivity index (χ0v) is 13.3. The first-order valence-electron chi connectivity index (χ1n) is 6.79. The van der Waals surface area contributed by atoms with E-state index in [2.05, 4.69) is 0 Å². The minimum Gasteiger partial charge on any atom is -0.495 e. The van der Waals surface area contributed by atoms with Crippen molar-refractivity contribution < 1.29 is 23.1 Å². The Balaban J connectivity index is 3.33. The van der Waals surface area contributed by atoms with Gasteiger partial charge in [0.1, 0.15) is 10.6 Å². The number of hydrogen-bond acceptors (Lipinski definition) is 4. The lowest BCUT2D eigenvalue weighted by atomic mass is 10.2. The first kappa shape index (κ1) is 17.5. The number of rotatable bonds is 8. The maximum atomic E-state index is 12.7. The summed E-state index contributed by atoms with van der Waals surface area (Å²) in [5, 5.41) is 9.03. The average Bonchev–Trinajstić information content (AvgIpc) is 2.47. The topological polar surface area (TPSA) is 83.9 Å². The number of carbonyl (C=O) groups is 1. The van der Waals surface area contributed by atoms with Crippen LogP contribution in [0.15, 0.2) is 23.1 Å². The van der Waals surface area contributed by atoms with Gasteiger partial charge in [-0.3, -0.25) is 0 Å². The van der Waals surface area contributed by atoms with Gasteiger partial charge >= 0.3 is 5.97 Å². The lowest BCUT2D eigenvalue weighted by Gasteiger charge is -2.21. The minimum atomic E-state index is -3.78. The van der Waals surface area contributed by atoms with Crippen LogP contribution >= 0.6 is 0 Å². The Hall–Kier alpha value is -1.60. The maximum absolute atomic E-state index is 12.7. The van der Waals surface area contributed by atoms with Crippen LogP contribution in [0.25, 0.3) is 0 Å². The van der Waals surface area contributed by atoms with E-state index < -0.39 is 16.0 Å². The van der Waals surface area contributed by atoms with Crippen molar-refractivity contribution in [3.05, 3.63) is 23.8 Å². The van der Waals surface area contributed by atoms with E-state index in [0.717, 1.165) is 18.9 Å². The van der Waals surface area contributed by atoms with Crippen LogP contribution < -0.4 is 4.74 Å². The summed E-state index contributed by atoms with van der Waals surface area (Å²) < 4.78 is 31.8. The van der Waals surface area contributed by atoms with Crippen molar-refractivity contribution in [1.82, 2.24) is 4.31 Å². The summed E-state index contributed by atoms with van der Waals surface area (Å²) in [6.07, 6.45) is 1.62. The predicted molar refractivity (Wildman–Crippen MR) is 79.3 cm³/mol. The van der Waals surface area contributed by atoms with Crippen molar-refractivity contribution in [3.8, 4) is 5.75 Å². The summed E-state index contributed by atoms with van der Waals surface area (Å²) in [5.41, 5.74) is -0.0825. The molecule has 118 valence electrons. The summed E-state index contributed by atoms with van der Waals surface area (Å²) in [7, 11) is -2.42. The second-order valence-electron chi connectivity index (χ2n) is 4.52. The number of ether oxygens (including phenoxy) is 1. The number of unbranched alkanes of at least 4 members (excludes halogenated alkanes) is 1. The predicted octanol–water partition coefficient (Wildman–Crippen LogP) is 2.20. The molecule has 21 heavy (non-hydrogen) atoms. The standard InChI is InChI=1S/C14H21NO5S/c1-4-6-9-15(5-2)21(18,19)13-10-11(14(16)17)7-8-12(13)20-3/h7-8,10H,4-6,9H2,1-3H3,(H,16,17). The van der Waals surface area contributed by atoms with E-state index in [4.69, 9.17) is 9.84 Å². The summed E-state index contributed by atoms with van der Waals surface area (Å²) >= 11 is 0. The summed E-state index contributed by atoms with van der Waals surface area (Å²) in [6, 6.07) is 3.83. The van der Waals surface area contributed by atoms with Crippen LogP contribution in [0, 0.1) is 0 Å². The second-order valence-corrected chi connectivity index (χ2v) is 6.43. The Kier molecular flexibility index (Phi) is 6.17. The fourth-order valence-corrected chi connectivity index (χ4v) is 3.60. The van der Waals surface area contributed by atoms with Gasteiger partial charge in [-0.15, -0.1) is 0 Å². The number of nitrogens with zero attached hydrogens (tertiary/aromatic N) is 1. The van der Waals surface area contributed by atoms with Crippen molar-refractivity contribution in [3.63, 3.8) is 0 Å². The molecule has 0 aliphatic carbocycles. The molecule has 0 unspecified atom stereocenters. The van der Waals surface area contributed by atoms with E-state index in [1.165, 1.54) is 23.5 Å². The molecule has 0 fully saturated rings. The molecule has 0 spiro atoms. The maximum Gasteiger partial charge on any atom is 0.335 e. The number of benzene rings is 1. The normalized spacial score (nSPS) is 11.6. The van der Waals surface area contributed by atoms with E-state index in [9.17, 15) is 13.2 Å². The molecular formula is C14H21NO5S. The quantitative estimate of drug-likeness (QED) is 0.795. The van der Waals surface area contributed by atoms with E-state index in [0.29, 0.717) is 13.1 Å². The molecular weight excluding hydrogens is 294 g/mol. The van der Waals surface area contributed by atoms with E-state index in [1.54, 1.807) is 6.92 Å². The van der Waals surface area contributed by atoms with Gasteiger partial charge in [0, 0.05) is 13.1 Å². The van der Waals surface area contributed by atoms with Crippen molar-refractivity contribution in [2.45, 2.75) is 31.6 Å². The van der Waals surface area contributed by atoms with E-state index >= 15 is 0 Å². The van der Waals surface area contributed by atoms with Crippen LogP contribution in [0.5, 0.6) is 5.75 Å². The lowest BCUT2D eigenvalue weighted by molar-refractivity contribution is 0.0696. The molecule has 0 amide bonds. The smallest absolute Gasteiger partial charge is 0.335 e. The van der Waals surface area contributed by atoms with Crippen molar-refractivity contribution in [2.75, 3.05) is 20.2 Å². The molecule has 1 N–H and O–H groups in total. The van der Waals surface area contributed by atoms with Gasteiger partial charge in [0.15, 0.2) is 0 Å². The molecule has 6 nitrogen and oxygen atoms in total. The number of methoxy groups -OCH3 is 1. The first-order valence-corrected chi connectivity index (χ1v) is 8.23. The van der Waals surface area contributed by atoms with Crippen LogP contribution in [0.3, 0.4) is 0 Å². The third-order valence-electron chi connectivity index (χ3n) is 3.14. The van der Waals surface area contributed by atoms with Gasteiger partial charge in [0.25, 0.3) is 0 Å². The number of hydrogen-bond donors (Lipinski definition) is 1. The number of carboxylic acid groups (broad SMARTS) is 1. The van der Waals surface area contributed by atoms with Gasteiger partial charge in [-0.25, -0.2) is 13.2 Å². The largest absolute Gasteiger partial charge is 0.495 e. The first-order chi connectivity index (χ1) is 9.88. The Bertz CT molecular complexity index is 597. The molecule has 0 aliphatic rings. The van der Waals surface area contributed by atoms with Gasteiger partial charge in [-0.1, -0.05) is 20.3 Å². The number of carboxylic acids is 1. The molecule has 1 aromatic rings. The highest BCUT2D eigenvalue weighted by molar-refractivity contribution is 7.89. The molecule has 0 aliphatic heterocycles. The van der Waals surface area contributed by atoms with Gasteiger partial charge in [0.05, 0.1) is 12.7 Å². The van der Waals surface area contributed by atoms with Crippen molar-refractivity contribution in [1.29, 1.82) is 0 Å². The van der Waals surface area contributed by atoms with Crippen molar-refractivity contribution in [2.24, 2.45) is 0 Å². The monoisotopic (exact) mass is 315 g/mol. The highest BCUT2D eigenvalue weighted by atomic mass is 32.2. The Morgan fingerprint density at radius 2 is 2.00 bits per heavy atom. The molecule has 0 atom stereocenters. The fraction of sp³-hybridized carbons (Fsp3) is 0.500. The van der Waals surface area contributed by atoms with E-state index in [1.807, 2.05) is 6.92 Å². The highest BCUT2D eigenvalue weighted by Gasteiger charge is 2.27. The van der Waals surface area contributed by atoms with Crippen LogP contribution in [-0.2, 0) is 10.0 Å². The molecule has 0 bridgehead atoms. The Labute approximate surface area is 125 Å². The molecule has 7 heteroatoms. The SMILES string of the molecule is CCCCN(CC)S(=O)(=O)c1cc(C(=O)O)ccc1OC. The highest BCUT2D eigenvalue weighted by Crippen LogP contribution is 2.28. The molecule has 1 rings (SSSR count). The fourth-order valence-electron chi connectivity index (χ4n) is 1.93. The molecule has 0 radical (unpaired) electrons. The zero-order chi connectivity index (χ0) is 16.0. The van der Waals surface area contributed by atoms with Gasteiger partial charge < -0.3 is 9.84 Å². The van der Waals surface area contributed by atoms with Crippen LogP contribution in [0.4, 0.5) is 0 Å². The third kappa shape index (κ3) is 3.95. The third-order valence-corrected chi connectivity index (χ3v) is 5.14. The van der Waals surface area contributed by atoms with Crippen LogP contribution in [-0.4, -0.2) is 44.0 Å². The molecule has 0 aromatic heterocycles. The molecule has 0 saturated carbocycles. The number of sulfonamides is 1. The summed E-state index contributed by atoms with van der Waals surface area (Å²) in [6.45, 7) is 4.45. The van der Waals surface area contributed by atoms with E-state index in [-0.39, 0.29) is 16.2 Å². The Morgan fingerprint density at radius 1 is 1.33 bits per heavy atom. The zero-order valence-electron chi connectivity index (χ0n) is 12.5. The molecule has 1 aromatic carbocycles. The van der Waals surface area contributed by atoms with Crippen LogP contribution in [0.1, 0.15) is 37.0 Å². The molecule has 0 heterocycles. The summed E-state index contributed by atoms with van der Waals surface area (Å²) in [4.78, 5) is 10.9. The minimum absolute atomic E-state index is 0.0825. The van der Waals surface area contributed by atoms with Crippen molar-refractivity contribution >= 4 is 16.0 Å².